The van der Waals surface area contributed by atoms with Gasteiger partial charge in [0.15, 0.2) is 9.84 Å². The topological polar surface area (TPSA) is 120 Å². The van der Waals surface area contributed by atoms with Crippen molar-refractivity contribution in [2.45, 2.75) is 37.1 Å². The number of benzene rings is 1. The molecule has 1 aliphatic rings. The second-order valence-corrected chi connectivity index (χ2v) is 9.70. The average molecular weight is 415 g/mol. The molecule has 0 aliphatic heterocycles. The summed E-state index contributed by atoms with van der Waals surface area (Å²) in [7, 11) is -3.22. The van der Waals surface area contributed by atoms with E-state index in [1.807, 2.05) is 30.3 Å². The molecule has 3 aromatic rings. The van der Waals surface area contributed by atoms with Crippen LogP contribution in [0.2, 0.25) is 0 Å². The van der Waals surface area contributed by atoms with Crippen molar-refractivity contribution in [1.29, 1.82) is 0 Å². The summed E-state index contributed by atoms with van der Waals surface area (Å²) in [5.41, 5.74) is 1.91. The first-order valence-corrected chi connectivity index (χ1v) is 11.2. The lowest BCUT2D eigenvalue weighted by molar-refractivity contribution is 0.0850. The molecule has 1 amide bonds. The third kappa shape index (κ3) is 4.07. The van der Waals surface area contributed by atoms with Crippen molar-refractivity contribution in [2.75, 3.05) is 6.26 Å². The highest BCUT2D eigenvalue weighted by Gasteiger charge is 2.34. The van der Waals surface area contributed by atoms with Gasteiger partial charge in [-0.2, -0.15) is 0 Å². The molecule has 1 aliphatic carbocycles. The van der Waals surface area contributed by atoms with Gasteiger partial charge in [0.25, 0.3) is 5.91 Å². The summed E-state index contributed by atoms with van der Waals surface area (Å²) >= 11 is 0. The van der Waals surface area contributed by atoms with Crippen LogP contribution >= 0.6 is 0 Å². The highest BCUT2D eigenvalue weighted by atomic mass is 32.2. The molecule has 29 heavy (non-hydrogen) atoms. The van der Waals surface area contributed by atoms with Crippen LogP contribution in [0.1, 0.15) is 47.3 Å². The van der Waals surface area contributed by atoms with E-state index in [0.29, 0.717) is 24.2 Å². The van der Waals surface area contributed by atoms with Crippen molar-refractivity contribution in [2.24, 2.45) is 0 Å². The molecule has 0 spiro atoms. The summed E-state index contributed by atoms with van der Waals surface area (Å²) in [5.74, 6) is -0.148. The zero-order chi connectivity index (χ0) is 20.6. The second kappa shape index (κ2) is 7.43. The molecule has 4 rings (SSSR count). The van der Waals surface area contributed by atoms with Crippen molar-refractivity contribution in [3.63, 3.8) is 0 Å². The van der Waals surface area contributed by atoms with Gasteiger partial charge in [-0.25, -0.2) is 13.1 Å². The van der Waals surface area contributed by atoms with Gasteiger partial charge in [0.1, 0.15) is 16.6 Å². The lowest BCUT2D eigenvalue weighted by atomic mass is 9.87. The normalized spacial score (nSPS) is 20.1. The van der Waals surface area contributed by atoms with Gasteiger partial charge < -0.3 is 9.84 Å². The Morgan fingerprint density at radius 1 is 1.28 bits per heavy atom. The lowest BCUT2D eigenvalue weighted by Crippen LogP contribution is -2.45. The molecule has 2 heterocycles. The summed E-state index contributed by atoms with van der Waals surface area (Å²) < 4.78 is 30.2. The number of amides is 1. The molecule has 1 N–H and O–H groups in total. The molecule has 1 unspecified atom stereocenters. The Balaban J connectivity index is 1.33. The van der Waals surface area contributed by atoms with E-state index in [9.17, 15) is 13.2 Å². The van der Waals surface area contributed by atoms with Gasteiger partial charge in [0.2, 0.25) is 5.76 Å². The van der Waals surface area contributed by atoms with Gasteiger partial charge in [0.05, 0.1) is 12.2 Å². The number of hydrogen-bond donors (Lipinski definition) is 1. The highest BCUT2D eigenvalue weighted by molar-refractivity contribution is 7.90. The molecular weight excluding hydrogens is 394 g/mol. The molecule has 9 nitrogen and oxygen atoms in total. The van der Waals surface area contributed by atoms with E-state index in [0.717, 1.165) is 5.56 Å². The molecule has 10 heteroatoms. The van der Waals surface area contributed by atoms with Crippen molar-refractivity contribution < 1.29 is 17.7 Å². The van der Waals surface area contributed by atoms with Gasteiger partial charge in [-0.15, -0.1) is 5.10 Å². The molecule has 1 atom stereocenters. The van der Waals surface area contributed by atoms with Crippen LogP contribution in [0, 0.1) is 0 Å². The molecule has 0 bridgehead atoms. The number of carbonyl (C=O) groups is 1. The Labute approximate surface area is 168 Å². The largest absolute Gasteiger partial charge is 0.350 e. The average Bonchev–Trinajstić information content (AvgIpc) is 3.33. The molecule has 2 aromatic heterocycles. The molecule has 0 saturated heterocycles. The van der Waals surface area contributed by atoms with Crippen molar-refractivity contribution in [1.82, 2.24) is 25.5 Å². The number of carbonyl (C=O) groups excluding carboxylic acids is 1. The number of hydrogen-bond acceptors (Lipinski definition) is 7. The number of nitrogens with one attached hydrogen (secondary N) is 1. The molecule has 152 valence electrons. The van der Waals surface area contributed by atoms with Crippen LogP contribution in [0.5, 0.6) is 0 Å². The van der Waals surface area contributed by atoms with Gasteiger partial charge in [0, 0.05) is 23.9 Å². The first kappa shape index (κ1) is 19.3. The smallest absolute Gasteiger partial charge is 0.290 e. The zero-order valence-corrected chi connectivity index (χ0v) is 16.8. The van der Waals surface area contributed by atoms with Gasteiger partial charge in [-0.05, 0) is 19.8 Å². The molecule has 1 aromatic carbocycles. The van der Waals surface area contributed by atoms with Crippen LogP contribution in [-0.2, 0) is 9.84 Å². The van der Waals surface area contributed by atoms with Gasteiger partial charge in [-0.3, -0.25) is 4.79 Å². The Morgan fingerprint density at radius 3 is 2.69 bits per heavy atom. The minimum Gasteiger partial charge on any atom is -0.350 e. The molecular formula is C19H21N5O4S. The Hall–Kier alpha value is -3.01. The maximum atomic E-state index is 12.4. The number of aromatic nitrogens is 4. The van der Waals surface area contributed by atoms with E-state index in [1.54, 1.807) is 23.9 Å². The van der Waals surface area contributed by atoms with Crippen LogP contribution in [0.3, 0.4) is 0 Å². The summed E-state index contributed by atoms with van der Waals surface area (Å²) in [6.45, 7) is 1.59. The van der Waals surface area contributed by atoms with Crippen LogP contribution in [0.25, 0.3) is 11.3 Å². The number of sulfone groups is 1. The Morgan fingerprint density at radius 2 is 2.00 bits per heavy atom. The predicted octanol–water partition coefficient (Wildman–Crippen LogP) is 2.17. The van der Waals surface area contributed by atoms with Crippen LogP contribution < -0.4 is 5.32 Å². The fourth-order valence-electron chi connectivity index (χ4n) is 3.18. The number of rotatable bonds is 6. The van der Waals surface area contributed by atoms with Crippen LogP contribution in [0.4, 0.5) is 0 Å². The second-order valence-electron chi connectivity index (χ2n) is 7.33. The first-order valence-electron chi connectivity index (χ1n) is 9.25. The third-order valence-corrected chi connectivity index (χ3v) is 6.74. The minimum atomic E-state index is -3.22. The summed E-state index contributed by atoms with van der Waals surface area (Å²) in [5, 5.41) is 14.2. The lowest BCUT2D eigenvalue weighted by Gasteiger charge is -2.35. The van der Waals surface area contributed by atoms with Crippen molar-refractivity contribution in [3.8, 4) is 11.3 Å². The van der Waals surface area contributed by atoms with E-state index >= 15 is 0 Å². The molecule has 1 saturated carbocycles. The standard InChI is InChI=1S/C19H21N5O4S/c1-12(29(2,26)27)17-11-24(23-21-17)15-8-14(9-15)20-19(25)18-10-16(22-28-18)13-6-4-3-5-7-13/h3-7,10-12,14-15H,8-9H2,1-2H3,(H,20,25). The van der Waals surface area contributed by atoms with Gasteiger partial charge >= 0.3 is 0 Å². The van der Waals surface area contributed by atoms with Gasteiger partial charge in [-0.1, -0.05) is 40.7 Å². The van der Waals surface area contributed by atoms with Crippen LogP contribution in [-0.4, -0.2) is 46.8 Å². The Bertz CT molecular complexity index is 1120. The third-order valence-electron chi connectivity index (χ3n) is 5.21. The number of nitrogens with zero attached hydrogens (tertiary/aromatic N) is 4. The quantitative estimate of drug-likeness (QED) is 0.655. The van der Waals surface area contributed by atoms with Crippen molar-refractivity contribution >= 4 is 15.7 Å². The summed E-state index contributed by atoms with van der Waals surface area (Å²) in [6.07, 6.45) is 4.21. The molecule has 0 radical (unpaired) electrons. The minimum absolute atomic E-state index is 0.0160. The van der Waals surface area contributed by atoms with E-state index in [2.05, 4.69) is 20.8 Å². The van der Waals surface area contributed by atoms with E-state index in [4.69, 9.17) is 4.52 Å². The van der Waals surface area contributed by atoms with Crippen molar-refractivity contribution in [3.05, 3.63) is 54.0 Å². The van der Waals surface area contributed by atoms with Crippen LogP contribution in [0.15, 0.2) is 47.1 Å². The summed E-state index contributed by atoms with van der Waals surface area (Å²) in [4.78, 5) is 12.4. The molecule has 1 fully saturated rings. The van der Waals surface area contributed by atoms with E-state index < -0.39 is 15.1 Å². The SMILES string of the molecule is CC(c1cn(C2CC(NC(=O)c3cc(-c4ccccc4)no3)C2)nn1)S(C)(=O)=O. The Kier molecular flexibility index (Phi) is 4.95. The highest BCUT2D eigenvalue weighted by Crippen LogP contribution is 2.32. The monoisotopic (exact) mass is 415 g/mol. The zero-order valence-electron chi connectivity index (χ0n) is 16.0. The van der Waals surface area contributed by atoms with E-state index in [-0.39, 0.29) is 23.8 Å². The van der Waals surface area contributed by atoms with E-state index in [1.165, 1.54) is 6.26 Å². The fourth-order valence-corrected chi connectivity index (χ4v) is 3.73. The first-order chi connectivity index (χ1) is 13.8. The summed E-state index contributed by atoms with van der Waals surface area (Å²) in [6, 6.07) is 11.2. The predicted molar refractivity (Wildman–Crippen MR) is 105 cm³/mol. The maximum Gasteiger partial charge on any atom is 0.290 e. The fraction of sp³-hybridized carbons (Fsp3) is 0.368. The maximum absolute atomic E-state index is 12.4.